The molecule has 0 spiro atoms. The van der Waals surface area contributed by atoms with Gasteiger partial charge in [0.25, 0.3) is 5.91 Å². The zero-order chi connectivity index (χ0) is 18.1. The molecule has 2 aromatic rings. The highest BCUT2D eigenvalue weighted by atomic mass is 16.2. The normalized spacial score (nSPS) is 17.0. The zero-order valence-electron chi connectivity index (χ0n) is 15.2. The molecule has 0 atom stereocenters. The van der Waals surface area contributed by atoms with Gasteiger partial charge in [0.05, 0.1) is 18.2 Å². The molecule has 1 aliphatic carbocycles. The minimum Gasteiger partial charge on any atom is -0.367 e. The minimum atomic E-state index is -0.0134. The van der Waals surface area contributed by atoms with Gasteiger partial charge in [0.15, 0.2) is 0 Å². The molecule has 3 heterocycles. The number of amides is 1. The van der Waals surface area contributed by atoms with Gasteiger partial charge in [0.1, 0.15) is 11.5 Å². The molecule has 2 aromatic heterocycles. The fraction of sp³-hybridized carbons (Fsp3) is 0.556. The molecule has 0 aromatic carbocycles. The maximum Gasteiger partial charge on any atom is 0.271 e. The summed E-state index contributed by atoms with van der Waals surface area (Å²) < 4.78 is 0. The van der Waals surface area contributed by atoms with Gasteiger partial charge in [-0.3, -0.25) is 4.79 Å². The smallest absolute Gasteiger partial charge is 0.271 e. The predicted molar refractivity (Wildman–Crippen MR) is 99.3 cm³/mol. The Morgan fingerprint density at radius 2 is 2.08 bits per heavy atom. The number of nitrogens with zero attached hydrogens (tertiary/aromatic N) is 4. The number of aromatic amines is 1. The summed E-state index contributed by atoms with van der Waals surface area (Å²) in [5.41, 5.74) is 2.71. The van der Waals surface area contributed by atoms with E-state index in [2.05, 4.69) is 34.4 Å². The standard InChI is InChI=1S/C18H25N7O/c1-11(2)21-18-23-14-6-8-25(17(26)15-9-19-10-20-15)7-5-13(14)16(24-18)22-12-3-4-12/h9-12H,3-8H2,1-2H3,(H,19,20)(H2,21,22,23,24). The third-order valence-electron chi connectivity index (χ3n) is 4.69. The lowest BCUT2D eigenvalue weighted by Crippen LogP contribution is -2.33. The number of hydrogen-bond acceptors (Lipinski definition) is 6. The molecule has 0 bridgehead atoms. The van der Waals surface area contributed by atoms with Crippen molar-refractivity contribution in [3.63, 3.8) is 0 Å². The number of carbonyl (C=O) groups is 1. The lowest BCUT2D eigenvalue weighted by atomic mass is 10.1. The number of rotatable bonds is 5. The largest absolute Gasteiger partial charge is 0.367 e. The molecule has 138 valence electrons. The summed E-state index contributed by atoms with van der Waals surface area (Å²) in [5.74, 6) is 1.58. The van der Waals surface area contributed by atoms with Crippen LogP contribution in [0.4, 0.5) is 11.8 Å². The Balaban J connectivity index is 1.58. The number of hydrogen-bond donors (Lipinski definition) is 3. The predicted octanol–water partition coefficient (Wildman–Crippen LogP) is 1.84. The van der Waals surface area contributed by atoms with Crippen molar-refractivity contribution in [1.29, 1.82) is 0 Å². The van der Waals surface area contributed by atoms with E-state index >= 15 is 0 Å². The van der Waals surface area contributed by atoms with E-state index in [0.717, 1.165) is 29.9 Å². The number of carbonyl (C=O) groups excluding carboxylic acids is 1. The molecule has 8 heteroatoms. The Morgan fingerprint density at radius 3 is 2.77 bits per heavy atom. The van der Waals surface area contributed by atoms with Crippen molar-refractivity contribution < 1.29 is 4.79 Å². The highest BCUT2D eigenvalue weighted by molar-refractivity contribution is 5.92. The number of imidazole rings is 1. The quantitative estimate of drug-likeness (QED) is 0.757. The van der Waals surface area contributed by atoms with Crippen LogP contribution in [0.25, 0.3) is 0 Å². The number of fused-ring (bicyclic) bond motifs is 1. The monoisotopic (exact) mass is 355 g/mol. The van der Waals surface area contributed by atoms with Crippen molar-refractivity contribution in [3.8, 4) is 0 Å². The average molecular weight is 355 g/mol. The summed E-state index contributed by atoms with van der Waals surface area (Å²) in [6.07, 6.45) is 6.97. The van der Waals surface area contributed by atoms with Crippen LogP contribution >= 0.6 is 0 Å². The topological polar surface area (TPSA) is 98.8 Å². The van der Waals surface area contributed by atoms with Crippen LogP contribution in [0.5, 0.6) is 0 Å². The van der Waals surface area contributed by atoms with E-state index in [9.17, 15) is 4.79 Å². The molecule has 26 heavy (non-hydrogen) atoms. The molecule has 1 saturated carbocycles. The van der Waals surface area contributed by atoms with E-state index in [-0.39, 0.29) is 11.9 Å². The molecule has 1 amide bonds. The lowest BCUT2D eigenvalue weighted by molar-refractivity contribution is 0.0757. The van der Waals surface area contributed by atoms with Crippen LogP contribution in [-0.4, -0.2) is 55.9 Å². The van der Waals surface area contributed by atoms with Crippen molar-refractivity contribution in [2.45, 2.75) is 51.6 Å². The summed E-state index contributed by atoms with van der Waals surface area (Å²) >= 11 is 0. The highest BCUT2D eigenvalue weighted by Gasteiger charge is 2.27. The van der Waals surface area contributed by atoms with E-state index in [0.29, 0.717) is 30.8 Å². The molecule has 0 saturated heterocycles. The SMILES string of the molecule is CC(C)Nc1nc2c(c(NC3CC3)n1)CCN(C(=O)c1cnc[nH]1)CC2. The first-order valence-electron chi connectivity index (χ1n) is 9.30. The van der Waals surface area contributed by atoms with Crippen LogP contribution < -0.4 is 10.6 Å². The third-order valence-corrected chi connectivity index (χ3v) is 4.69. The second kappa shape index (κ2) is 6.93. The van der Waals surface area contributed by atoms with Gasteiger partial charge in [0.2, 0.25) is 5.95 Å². The average Bonchev–Trinajstić information content (AvgIpc) is 3.29. The van der Waals surface area contributed by atoms with Gasteiger partial charge in [-0.15, -0.1) is 0 Å². The van der Waals surface area contributed by atoms with Crippen LogP contribution in [0, 0.1) is 0 Å². The summed E-state index contributed by atoms with van der Waals surface area (Å²) in [4.78, 5) is 30.8. The molecule has 3 N–H and O–H groups in total. The van der Waals surface area contributed by atoms with Crippen molar-refractivity contribution >= 4 is 17.7 Å². The Kier molecular flexibility index (Phi) is 4.48. The van der Waals surface area contributed by atoms with Crippen LogP contribution in [0.2, 0.25) is 0 Å². The number of H-pyrrole nitrogens is 1. The van der Waals surface area contributed by atoms with Crippen molar-refractivity contribution in [3.05, 3.63) is 29.5 Å². The number of nitrogens with one attached hydrogen (secondary N) is 3. The minimum absolute atomic E-state index is 0.0134. The second-order valence-corrected chi connectivity index (χ2v) is 7.30. The molecule has 8 nitrogen and oxygen atoms in total. The van der Waals surface area contributed by atoms with E-state index < -0.39 is 0 Å². The fourth-order valence-corrected chi connectivity index (χ4v) is 3.21. The van der Waals surface area contributed by atoms with Crippen molar-refractivity contribution in [2.75, 3.05) is 23.7 Å². The Hall–Kier alpha value is -2.64. The molecule has 0 radical (unpaired) electrons. The molecule has 1 aliphatic heterocycles. The van der Waals surface area contributed by atoms with Crippen LogP contribution in [-0.2, 0) is 12.8 Å². The Bertz CT molecular complexity index is 783. The van der Waals surface area contributed by atoms with Gasteiger partial charge in [0, 0.05) is 37.2 Å². The molecule has 4 rings (SSSR count). The van der Waals surface area contributed by atoms with Gasteiger partial charge < -0.3 is 20.5 Å². The molecular formula is C18H25N7O. The molecule has 2 aliphatic rings. The number of anilines is 2. The van der Waals surface area contributed by atoms with Crippen LogP contribution in [0.1, 0.15) is 48.4 Å². The highest BCUT2D eigenvalue weighted by Crippen LogP contribution is 2.29. The summed E-state index contributed by atoms with van der Waals surface area (Å²) in [6, 6.07) is 0.790. The third kappa shape index (κ3) is 3.63. The van der Waals surface area contributed by atoms with Gasteiger partial charge in [-0.05, 0) is 33.1 Å². The second-order valence-electron chi connectivity index (χ2n) is 7.30. The lowest BCUT2D eigenvalue weighted by Gasteiger charge is -2.19. The first-order valence-corrected chi connectivity index (χ1v) is 9.30. The van der Waals surface area contributed by atoms with Crippen LogP contribution in [0.3, 0.4) is 0 Å². The molecule has 1 fully saturated rings. The van der Waals surface area contributed by atoms with Gasteiger partial charge in [-0.2, -0.15) is 4.98 Å². The first-order chi connectivity index (χ1) is 12.6. The Morgan fingerprint density at radius 1 is 1.27 bits per heavy atom. The van der Waals surface area contributed by atoms with Gasteiger partial charge >= 0.3 is 0 Å². The van der Waals surface area contributed by atoms with E-state index in [1.165, 1.54) is 19.2 Å². The van der Waals surface area contributed by atoms with E-state index in [4.69, 9.17) is 9.97 Å². The summed E-state index contributed by atoms with van der Waals surface area (Å²) in [7, 11) is 0. The van der Waals surface area contributed by atoms with Gasteiger partial charge in [-0.1, -0.05) is 0 Å². The zero-order valence-corrected chi connectivity index (χ0v) is 15.2. The maximum atomic E-state index is 12.6. The van der Waals surface area contributed by atoms with E-state index in [1.807, 2.05) is 4.90 Å². The first kappa shape index (κ1) is 16.8. The van der Waals surface area contributed by atoms with Crippen molar-refractivity contribution in [1.82, 2.24) is 24.8 Å². The maximum absolute atomic E-state index is 12.6. The fourth-order valence-electron chi connectivity index (χ4n) is 3.21. The summed E-state index contributed by atoms with van der Waals surface area (Å²) in [5, 5.41) is 6.86. The molecule has 0 unspecified atom stereocenters. The van der Waals surface area contributed by atoms with E-state index in [1.54, 1.807) is 6.20 Å². The Labute approximate surface area is 152 Å². The summed E-state index contributed by atoms with van der Waals surface area (Å²) in [6.45, 7) is 5.46. The molecular weight excluding hydrogens is 330 g/mol. The van der Waals surface area contributed by atoms with Crippen LogP contribution in [0.15, 0.2) is 12.5 Å². The number of aromatic nitrogens is 4. The van der Waals surface area contributed by atoms with Crippen molar-refractivity contribution in [2.24, 2.45) is 0 Å². The van der Waals surface area contributed by atoms with Gasteiger partial charge in [-0.25, -0.2) is 9.97 Å².